The molecule has 2 heterocycles. The Morgan fingerprint density at radius 3 is 2.43 bits per heavy atom. The summed E-state index contributed by atoms with van der Waals surface area (Å²) in [7, 11) is 0. The van der Waals surface area contributed by atoms with E-state index >= 15 is 0 Å². The molecule has 0 amide bonds. The summed E-state index contributed by atoms with van der Waals surface area (Å²) >= 11 is 1.33. The van der Waals surface area contributed by atoms with Crippen LogP contribution in [0.15, 0.2) is 53.9 Å². The first-order chi connectivity index (χ1) is 11.0. The van der Waals surface area contributed by atoms with Crippen LogP contribution in [0.4, 0.5) is 19.1 Å². The number of thiophene rings is 1. The van der Waals surface area contributed by atoms with E-state index in [1.807, 2.05) is 30.3 Å². The third kappa shape index (κ3) is 3.87. The molecule has 1 aromatic carbocycles. The molecule has 0 atom stereocenters. The van der Waals surface area contributed by atoms with Crippen LogP contribution in [0.2, 0.25) is 0 Å². The second kappa shape index (κ2) is 6.37. The minimum Gasteiger partial charge on any atom is -0.350 e. The zero-order valence-electron chi connectivity index (χ0n) is 11.8. The molecular formula is C16H12F3N3S. The minimum absolute atomic E-state index is 0.0351. The molecule has 118 valence electrons. The van der Waals surface area contributed by atoms with E-state index in [1.54, 1.807) is 17.5 Å². The number of rotatable bonds is 4. The maximum Gasteiger partial charge on any atom is 0.433 e. The molecule has 1 N–H and O–H groups in total. The fraction of sp³-hybridized carbons (Fsp3) is 0.125. The number of aromatic nitrogens is 2. The molecule has 3 rings (SSSR count). The van der Waals surface area contributed by atoms with Gasteiger partial charge in [0.05, 0.1) is 10.6 Å². The van der Waals surface area contributed by atoms with Gasteiger partial charge in [-0.25, -0.2) is 9.97 Å². The monoisotopic (exact) mass is 335 g/mol. The molecule has 0 aliphatic carbocycles. The van der Waals surface area contributed by atoms with Crippen LogP contribution in [0.3, 0.4) is 0 Å². The summed E-state index contributed by atoms with van der Waals surface area (Å²) in [5.41, 5.74) is 0.246. The Bertz CT molecular complexity index is 771. The molecule has 0 aliphatic heterocycles. The summed E-state index contributed by atoms with van der Waals surface area (Å²) in [5, 5.41) is 4.65. The van der Waals surface area contributed by atoms with Gasteiger partial charge >= 0.3 is 6.18 Å². The molecular weight excluding hydrogens is 323 g/mol. The Kier molecular flexibility index (Phi) is 4.29. The van der Waals surface area contributed by atoms with Crippen LogP contribution < -0.4 is 5.32 Å². The van der Waals surface area contributed by atoms with E-state index in [0.29, 0.717) is 11.4 Å². The number of hydrogen-bond donors (Lipinski definition) is 1. The van der Waals surface area contributed by atoms with E-state index in [-0.39, 0.29) is 11.6 Å². The molecule has 7 heteroatoms. The SMILES string of the molecule is FC(F)(F)c1cc(-c2cccs2)nc(NCc2ccccc2)n1. The van der Waals surface area contributed by atoms with Crippen molar-refractivity contribution in [3.8, 4) is 10.6 Å². The number of nitrogens with one attached hydrogen (secondary N) is 1. The van der Waals surface area contributed by atoms with Crippen molar-refractivity contribution in [3.63, 3.8) is 0 Å². The molecule has 0 fully saturated rings. The lowest BCUT2D eigenvalue weighted by Crippen LogP contribution is -2.12. The maximum atomic E-state index is 13.0. The van der Waals surface area contributed by atoms with E-state index in [0.717, 1.165) is 11.6 Å². The highest BCUT2D eigenvalue weighted by Gasteiger charge is 2.33. The summed E-state index contributed by atoms with van der Waals surface area (Å²) in [6.07, 6.45) is -4.52. The van der Waals surface area contributed by atoms with Gasteiger partial charge in [0, 0.05) is 6.54 Å². The lowest BCUT2D eigenvalue weighted by atomic mass is 10.2. The van der Waals surface area contributed by atoms with Crippen molar-refractivity contribution < 1.29 is 13.2 Å². The van der Waals surface area contributed by atoms with Gasteiger partial charge in [-0.15, -0.1) is 11.3 Å². The standard InChI is InChI=1S/C16H12F3N3S/c17-16(18,19)14-9-12(13-7-4-8-23-13)21-15(22-14)20-10-11-5-2-1-3-6-11/h1-9H,10H2,(H,20,21,22). The van der Waals surface area contributed by atoms with Crippen molar-refractivity contribution in [3.05, 3.63) is 65.2 Å². The van der Waals surface area contributed by atoms with Gasteiger partial charge in [-0.1, -0.05) is 36.4 Å². The van der Waals surface area contributed by atoms with Crippen molar-refractivity contribution in [2.75, 3.05) is 5.32 Å². The molecule has 0 saturated carbocycles. The van der Waals surface area contributed by atoms with Crippen LogP contribution in [-0.4, -0.2) is 9.97 Å². The number of benzene rings is 1. The van der Waals surface area contributed by atoms with Gasteiger partial charge in [-0.2, -0.15) is 13.2 Å². The average Bonchev–Trinajstić information content (AvgIpc) is 3.07. The van der Waals surface area contributed by atoms with Crippen LogP contribution in [-0.2, 0) is 12.7 Å². The number of hydrogen-bond acceptors (Lipinski definition) is 4. The van der Waals surface area contributed by atoms with Crippen LogP contribution in [0, 0.1) is 0 Å². The summed E-state index contributed by atoms with van der Waals surface area (Å²) in [5.74, 6) is -0.0351. The largest absolute Gasteiger partial charge is 0.433 e. The van der Waals surface area contributed by atoms with Crippen LogP contribution in [0.25, 0.3) is 10.6 Å². The van der Waals surface area contributed by atoms with Gasteiger partial charge in [0.1, 0.15) is 0 Å². The van der Waals surface area contributed by atoms with Crippen molar-refractivity contribution in [1.82, 2.24) is 9.97 Å². The molecule has 23 heavy (non-hydrogen) atoms. The quantitative estimate of drug-likeness (QED) is 0.742. The van der Waals surface area contributed by atoms with E-state index in [4.69, 9.17) is 0 Å². The first kappa shape index (κ1) is 15.5. The molecule has 3 aromatic rings. The third-order valence-electron chi connectivity index (χ3n) is 3.08. The van der Waals surface area contributed by atoms with E-state index in [9.17, 15) is 13.2 Å². The fourth-order valence-corrected chi connectivity index (χ4v) is 2.69. The van der Waals surface area contributed by atoms with Crippen molar-refractivity contribution in [2.45, 2.75) is 12.7 Å². The second-order valence-electron chi connectivity index (χ2n) is 4.78. The van der Waals surface area contributed by atoms with E-state index < -0.39 is 11.9 Å². The van der Waals surface area contributed by atoms with Crippen LogP contribution >= 0.6 is 11.3 Å². The van der Waals surface area contributed by atoms with E-state index in [2.05, 4.69) is 15.3 Å². The molecule has 0 unspecified atom stereocenters. The Morgan fingerprint density at radius 1 is 1.00 bits per heavy atom. The summed E-state index contributed by atoms with van der Waals surface area (Å²) in [6, 6.07) is 13.8. The van der Waals surface area contributed by atoms with Crippen molar-refractivity contribution >= 4 is 17.3 Å². The highest BCUT2D eigenvalue weighted by atomic mass is 32.1. The molecule has 0 radical (unpaired) electrons. The molecule has 3 nitrogen and oxygen atoms in total. The van der Waals surface area contributed by atoms with Gasteiger partial charge in [-0.05, 0) is 23.1 Å². The summed E-state index contributed by atoms with van der Waals surface area (Å²) in [4.78, 5) is 8.45. The Hall–Kier alpha value is -2.41. The number of nitrogens with zero attached hydrogens (tertiary/aromatic N) is 2. The molecule has 0 saturated heterocycles. The van der Waals surface area contributed by atoms with Gasteiger partial charge in [0.25, 0.3) is 0 Å². The predicted octanol–water partition coefficient (Wildman–Crippen LogP) is 4.84. The van der Waals surface area contributed by atoms with Crippen molar-refractivity contribution in [2.24, 2.45) is 0 Å². The minimum atomic E-state index is -4.52. The predicted molar refractivity (Wildman–Crippen MR) is 84.1 cm³/mol. The van der Waals surface area contributed by atoms with E-state index in [1.165, 1.54) is 11.3 Å². The Morgan fingerprint density at radius 2 is 1.78 bits per heavy atom. The van der Waals surface area contributed by atoms with Gasteiger partial charge in [-0.3, -0.25) is 0 Å². The highest BCUT2D eigenvalue weighted by Crippen LogP contribution is 2.32. The lowest BCUT2D eigenvalue weighted by Gasteiger charge is -2.11. The average molecular weight is 335 g/mol. The summed E-state index contributed by atoms with van der Waals surface area (Å²) < 4.78 is 39.1. The van der Waals surface area contributed by atoms with Crippen molar-refractivity contribution in [1.29, 1.82) is 0 Å². The second-order valence-corrected chi connectivity index (χ2v) is 5.72. The lowest BCUT2D eigenvalue weighted by molar-refractivity contribution is -0.141. The molecule has 2 aromatic heterocycles. The Balaban J connectivity index is 1.91. The zero-order valence-corrected chi connectivity index (χ0v) is 12.7. The van der Waals surface area contributed by atoms with Crippen LogP contribution in [0.5, 0.6) is 0 Å². The Labute approximate surface area is 134 Å². The van der Waals surface area contributed by atoms with Crippen LogP contribution in [0.1, 0.15) is 11.3 Å². The molecule has 0 aliphatic rings. The maximum absolute atomic E-state index is 13.0. The van der Waals surface area contributed by atoms with Gasteiger partial charge in [0.2, 0.25) is 5.95 Å². The topological polar surface area (TPSA) is 37.8 Å². The first-order valence-electron chi connectivity index (χ1n) is 6.80. The van der Waals surface area contributed by atoms with Gasteiger partial charge in [0.15, 0.2) is 5.69 Å². The zero-order chi connectivity index (χ0) is 16.3. The number of halogens is 3. The fourth-order valence-electron chi connectivity index (χ4n) is 2.00. The smallest absolute Gasteiger partial charge is 0.350 e. The first-order valence-corrected chi connectivity index (χ1v) is 7.68. The third-order valence-corrected chi connectivity index (χ3v) is 3.98. The normalized spacial score (nSPS) is 11.4. The number of anilines is 1. The number of alkyl halides is 3. The van der Waals surface area contributed by atoms with Gasteiger partial charge < -0.3 is 5.32 Å². The highest BCUT2D eigenvalue weighted by molar-refractivity contribution is 7.13. The molecule has 0 bridgehead atoms. The molecule has 0 spiro atoms. The summed E-state index contributed by atoms with van der Waals surface area (Å²) in [6.45, 7) is 0.353.